The van der Waals surface area contributed by atoms with Crippen molar-refractivity contribution in [3.05, 3.63) is 64.7 Å². The Morgan fingerprint density at radius 1 is 1.19 bits per heavy atom. The Labute approximate surface area is 155 Å². The van der Waals surface area contributed by atoms with Crippen molar-refractivity contribution in [3.63, 3.8) is 0 Å². The van der Waals surface area contributed by atoms with Gasteiger partial charge in [0.2, 0.25) is 0 Å². The number of para-hydroxylation sites is 1. The van der Waals surface area contributed by atoms with E-state index in [0.29, 0.717) is 10.9 Å². The number of methoxy groups -OCH3 is 1. The van der Waals surface area contributed by atoms with Crippen LogP contribution in [0.3, 0.4) is 0 Å². The van der Waals surface area contributed by atoms with E-state index in [1.807, 2.05) is 55.5 Å². The van der Waals surface area contributed by atoms with Gasteiger partial charge in [0.05, 0.1) is 12.5 Å². The van der Waals surface area contributed by atoms with Crippen LogP contribution in [0.4, 0.5) is 0 Å². The van der Waals surface area contributed by atoms with E-state index in [4.69, 9.17) is 9.73 Å². The molecule has 26 heavy (non-hydrogen) atoms. The van der Waals surface area contributed by atoms with Crippen LogP contribution in [-0.4, -0.2) is 28.9 Å². The molecular weight excluding hydrogens is 348 g/mol. The first-order chi connectivity index (χ1) is 12.7. The Morgan fingerprint density at radius 3 is 2.69 bits per heavy atom. The summed E-state index contributed by atoms with van der Waals surface area (Å²) >= 11 is 1.50. The molecule has 2 heterocycles. The number of hydrogen-bond donors (Lipinski definition) is 1. The molecule has 1 unspecified atom stereocenters. The van der Waals surface area contributed by atoms with Crippen molar-refractivity contribution in [1.82, 2.24) is 10.3 Å². The van der Waals surface area contributed by atoms with E-state index >= 15 is 0 Å². The molecular formula is C19H18N4O2S. The van der Waals surface area contributed by atoms with E-state index in [2.05, 4.69) is 10.4 Å². The molecule has 0 bridgehead atoms. The molecule has 0 radical (unpaired) electrons. The van der Waals surface area contributed by atoms with Gasteiger partial charge in [-0.3, -0.25) is 15.1 Å². The van der Waals surface area contributed by atoms with Crippen LogP contribution >= 0.6 is 11.8 Å². The van der Waals surface area contributed by atoms with Crippen molar-refractivity contribution in [3.8, 4) is 5.75 Å². The molecule has 6 nitrogen and oxygen atoms in total. The maximum Gasteiger partial charge on any atom is 0.276 e. The molecule has 2 aliphatic rings. The number of fused-ring (bicyclic) bond motifs is 2. The zero-order valence-corrected chi connectivity index (χ0v) is 15.3. The van der Waals surface area contributed by atoms with Crippen molar-refractivity contribution in [2.24, 2.45) is 10.1 Å². The van der Waals surface area contributed by atoms with E-state index in [9.17, 15) is 4.79 Å². The molecule has 0 saturated heterocycles. The van der Waals surface area contributed by atoms with Gasteiger partial charge in [-0.25, -0.2) is 5.01 Å². The van der Waals surface area contributed by atoms with Crippen LogP contribution in [0.1, 0.15) is 18.7 Å². The summed E-state index contributed by atoms with van der Waals surface area (Å²) in [4.78, 5) is 17.7. The maximum absolute atomic E-state index is 12.8. The van der Waals surface area contributed by atoms with Gasteiger partial charge < -0.3 is 4.74 Å². The Morgan fingerprint density at radius 2 is 1.96 bits per heavy atom. The van der Waals surface area contributed by atoms with Gasteiger partial charge in [0, 0.05) is 5.22 Å². The van der Waals surface area contributed by atoms with Crippen molar-refractivity contribution in [2.45, 2.75) is 13.1 Å². The lowest BCUT2D eigenvalue weighted by Gasteiger charge is -2.34. The van der Waals surface area contributed by atoms with Crippen LogP contribution in [0.25, 0.3) is 5.70 Å². The zero-order valence-electron chi connectivity index (χ0n) is 14.5. The van der Waals surface area contributed by atoms with E-state index in [0.717, 1.165) is 27.6 Å². The number of nitrogens with one attached hydrogen (secondary N) is 1. The van der Waals surface area contributed by atoms with Crippen LogP contribution in [0, 0.1) is 0 Å². The molecule has 0 fully saturated rings. The highest BCUT2D eigenvalue weighted by Gasteiger charge is 2.34. The average Bonchev–Trinajstić information content (AvgIpc) is 2.67. The molecule has 2 aliphatic heterocycles. The number of hydrogen-bond acceptors (Lipinski definition) is 6. The molecule has 0 aromatic heterocycles. The fraction of sp³-hybridized carbons (Fsp3) is 0.211. The molecule has 0 spiro atoms. The number of amides is 1. The number of hydrazone groups is 1. The normalized spacial score (nSPS) is 18.3. The van der Waals surface area contributed by atoms with Crippen molar-refractivity contribution >= 4 is 28.5 Å². The first-order valence-electron chi connectivity index (χ1n) is 8.34. The van der Waals surface area contributed by atoms with Crippen LogP contribution in [0.5, 0.6) is 5.75 Å². The Bertz CT molecular complexity index is 1000. The average molecular weight is 366 g/mol. The lowest BCUT2D eigenvalue weighted by atomic mass is 10.1. The van der Waals surface area contributed by atoms with Crippen LogP contribution in [-0.2, 0) is 4.79 Å². The summed E-state index contributed by atoms with van der Waals surface area (Å²) in [5.41, 5.74) is 1.47. The number of benzene rings is 2. The minimum Gasteiger partial charge on any atom is -0.497 e. The summed E-state index contributed by atoms with van der Waals surface area (Å²) in [6.07, 6.45) is -0.399. The highest BCUT2D eigenvalue weighted by Crippen LogP contribution is 2.31. The summed E-state index contributed by atoms with van der Waals surface area (Å²) < 4.78 is 5.24. The first-order valence-corrected chi connectivity index (χ1v) is 9.33. The second-order valence-corrected chi connectivity index (χ2v) is 7.03. The number of rotatable bonds is 3. The monoisotopic (exact) mass is 366 g/mol. The van der Waals surface area contributed by atoms with Crippen LogP contribution in [0.2, 0.25) is 0 Å². The van der Waals surface area contributed by atoms with Gasteiger partial charge >= 0.3 is 0 Å². The topological polar surface area (TPSA) is 66.3 Å². The van der Waals surface area contributed by atoms with E-state index in [-0.39, 0.29) is 5.91 Å². The summed E-state index contributed by atoms with van der Waals surface area (Å²) in [6, 6.07) is 15.3. The van der Waals surface area contributed by atoms with Gasteiger partial charge in [0.25, 0.3) is 5.91 Å². The number of ether oxygens (including phenoxy) is 1. The number of amidine groups is 1. The smallest absolute Gasteiger partial charge is 0.276 e. The minimum atomic E-state index is -0.399. The molecule has 2 aromatic carbocycles. The predicted molar refractivity (Wildman–Crippen MR) is 102 cm³/mol. The van der Waals surface area contributed by atoms with Crippen LogP contribution in [0.15, 0.2) is 58.6 Å². The molecule has 1 amide bonds. The highest BCUT2D eigenvalue weighted by atomic mass is 32.2. The fourth-order valence-corrected chi connectivity index (χ4v) is 3.61. The van der Waals surface area contributed by atoms with E-state index < -0.39 is 6.17 Å². The number of thioether (sulfide) groups is 1. The van der Waals surface area contributed by atoms with Gasteiger partial charge in [-0.1, -0.05) is 49.0 Å². The van der Waals surface area contributed by atoms with Gasteiger partial charge in [-0.15, -0.1) is 5.10 Å². The number of nitrogens with zero attached hydrogens (tertiary/aromatic N) is 3. The second-order valence-electron chi connectivity index (χ2n) is 5.78. The first kappa shape index (κ1) is 16.7. The molecule has 2 aromatic rings. The number of carbonyl (C=O) groups is 1. The highest BCUT2D eigenvalue weighted by molar-refractivity contribution is 8.13. The van der Waals surface area contributed by atoms with Crippen molar-refractivity contribution < 1.29 is 9.53 Å². The van der Waals surface area contributed by atoms with Gasteiger partial charge in [0.15, 0.2) is 11.3 Å². The summed E-state index contributed by atoms with van der Waals surface area (Å²) in [5, 5.41) is 11.4. The molecule has 7 heteroatoms. The van der Waals surface area contributed by atoms with Crippen molar-refractivity contribution in [1.29, 1.82) is 0 Å². The maximum atomic E-state index is 12.8. The van der Waals surface area contributed by atoms with Crippen LogP contribution < -0.4 is 20.6 Å². The lowest BCUT2D eigenvalue weighted by Crippen LogP contribution is -2.50. The third kappa shape index (κ3) is 2.84. The zero-order chi connectivity index (χ0) is 18.1. The van der Waals surface area contributed by atoms with Gasteiger partial charge in [-0.05, 0) is 29.5 Å². The molecule has 0 saturated carbocycles. The third-order valence-corrected chi connectivity index (χ3v) is 4.96. The Hall–Kier alpha value is -2.80. The van der Waals surface area contributed by atoms with E-state index in [1.54, 1.807) is 12.1 Å². The lowest BCUT2D eigenvalue weighted by molar-refractivity contribution is -0.116. The largest absolute Gasteiger partial charge is 0.497 e. The van der Waals surface area contributed by atoms with Gasteiger partial charge in [-0.2, -0.15) is 0 Å². The summed E-state index contributed by atoms with van der Waals surface area (Å²) in [5.74, 6) is 1.44. The quantitative estimate of drug-likeness (QED) is 0.896. The molecule has 0 aliphatic carbocycles. The minimum absolute atomic E-state index is 0.156. The fourth-order valence-electron chi connectivity index (χ4n) is 3.02. The Kier molecular flexibility index (Phi) is 4.38. The molecule has 1 atom stereocenters. The van der Waals surface area contributed by atoms with Gasteiger partial charge in [0.1, 0.15) is 11.4 Å². The third-order valence-electron chi connectivity index (χ3n) is 4.21. The predicted octanol–water partition coefficient (Wildman–Crippen LogP) is 1.59. The summed E-state index contributed by atoms with van der Waals surface area (Å²) in [6.45, 7) is 2.02. The van der Waals surface area contributed by atoms with E-state index in [1.165, 1.54) is 11.8 Å². The molecule has 4 rings (SSSR count). The molecule has 132 valence electrons. The standard InChI is InChI=1S/C19H18N4O2S/c1-3-26-19-21-18(24)16-14-6-4-5-7-15(14)20-17(23(16)22-19)12-8-10-13(25-2)11-9-12/h4-11,17H,3H2,1-2H3,(H,21,22,24). The summed E-state index contributed by atoms with van der Waals surface area (Å²) in [7, 11) is 1.63. The second kappa shape index (κ2) is 6.84. The molecule has 1 N–H and O–H groups in total. The number of carbonyl (C=O) groups excluding carboxylic acids is 1. The SMILES string of the molecule is CCSC1=NN2C(=c3ccccc3=NC2c2ccc(OC)cc2)C(=O)N1. The van der Waals surface area contributed by atoms with Crippen molar-refractivity contribution in [2.75, 3.05) is 12.9 Å². The Balaban J connectivity index is 1.90.